The van der Waals surface area contributed by atoms with Crippen molar-refractivity contribution in [2.75, 3.05) is 11.9 Å². The molecule has 1 heterocycles. The first-order chi connectivity index (χ1) is 16.3. The van der Waals surface area contributed by atoms with Gasteiger partial charge in [-0.1, -0.05) is 48.5 Å². The fraction of sp³-hybridized carbons (Fsp3) is 0.0833. The van der Waals surface area contributed by atoms with Gasteiger partial charge in [0.05, 0.1) is 24.2 Å². The number of amides is 2. The van der Waals surface area contributed by atoms with Crippen LogP contribution in [0.1, 0.15) is 16.1 Å². The average Bonchev–Trinajstić information content (AvgIpc) is 2.85. The molecule has 0 aliphatic heterocycles. The van der Waals surface area contributed by atoms with Gasteiger partial charge in [-0.2, -0.15) is 5.10 Å². The molecule has 0 aliphatic rings. The summed E-state index contributed by atoms with van der Waals surface area (Å²) in [6.07, 6.45) is 0. The van der Waals surface area contributed by atoms with Gasteiger partial charge in [0.1, 0.15) is 0 Å². The molecule has 0 atom stereocenters. The Labute approximate surface area is 190 Å². The quantitative estimate of drug-likeness (QED) is 0.427. The topological polar surface area (TPSA) is 93.1 Å². The zero-order valence-corrected chi connectivity index (χ0v) is 17.5. The van der Waals surface area contributed by atoms with Crippen LogP contribution in [-0.4, -0.2) is 28.1 Å². The Morgan fingerprint density at radius 2 is 1.53 bits per heavy atom. The fourth-order valence-corrected chi connectivity index (χ4v) is 3.33. The predicted octanol–water partition coefficient (Wildman–Crippen LogP) is 3.23. The number of hydrogen-bond acceptors (Lipinski definition) is 4. The summed E-state index contributed by atoms with van der Waals surface area (Å²) >= 11 is 0. The van der Waals surface area contributed by atoms with E-state index >= 15 is 0 Å². The molecule has 34 heavy (non-hydrogen) atoms. The number of hydrogen-bond donors (Lipinski definition) is 2. The minimum atomic E-state index is -1.72. The Morgan fingerprint density at radius 3 is 2.26 bits per heavy atom. The minimum absolute atomic E-state index is 0.0852. The van der Waals surface area contributed by atoms with Crippen molar-refractivity contribution in [3.63, 3.8) is 0 Å². The third-order valence-corrected chi connectivity index (χ3v) is 4.98. The maximum absolute atomic E-state index is 13.8. The van der Waals surface area contributed by atoms with Gasteiger partial charge in [0.15, 0.2) is 23.1 Å². The Balaban J connectivity index is 1.56. The number of halogens is 3. The van der Waals surface area contributed by atoms with Crippen LogP contribution in [0, 0.1) is 17.5 Å². The molecule has 0 unspecified atom stereocenters. The van der Waals surface area contributed by atoms with Crippen LogP contribution in [0.25, 0.3) is 10.8 Å². The molecule has 0 aliphatic carbocycles. The molecule has 4 rings (SSSR count). The van der Waals surface area contributed by atoms with Gasteiger partial charge in [0.25, 0.3) is 11.5 Å². The third-order valence-electron chi connectivity index (χ3n) is 4.98. The van der Waals surface area contributed by atoms with E-state index in [-0.39, 0.29) is 23.2 Å². The first-order valence-corrected chi connectivity index (χ1v) is 10.1. The van der Waals surface area contributed by atoms with Crippen molar-refractivity contribution in [1.29, 1.82) is 0 Å². The average molecular weight is 466 g/mol. The van der Waals surface area contributed by atoms with Crippen molar-refractivity contribution in [3.05, 3.63) is 106 Å². The molecule has 0 saturated heterocycles. The fourth-order valence-electron chi connectivity index (χ4n) is 3.33. The van der Waals surface area contributed by atoms with Crippen LogP contribution >= 0.6 is 0 Å². The van der Waals surface area contributed by atoms with Crippen LogP contribution in [0.4, 0.5) is 18.9 Å². The summed E-state index contributed by atoms with van der Waals surface area (Å²) < 4.78 is 41.3. The van der Waals surface area contributed by atoms with Crippen molar-refractivity contribution in [2.24, 2.45) is 0 Å². The van der Waals surface area contributed by atoms with Crippen molar-refractivity contribution < 1.29 is 22.8 Å². The maximum Gasteiger partial charge on any atom is 0.274 e. The molecule has 2 N–H and O–H groups in total. The van der Waals surface area contributed by atoms with Crippen LogP contribution in [0.15, 0.2) is 71.5 Å². The van der Waals surface area contributed by atoms with E-state index in [9.17, 15) is 27.6 Å². The van der Waals surface area contributed by atoms with E-state index in [2.05, 4.69) is 15.7 Å². The zero-order valence-electron chi connectivity index (χ0n) is 17.5. The molecule has 4 aromatic rings. The lowest BCUT2D eigenvalue weighted by Crippen LogP contribution is -2.35. The SMILES string of the molecule is O=C(CNC(=O)c1nn(Cc2ccccc2)c(=O)c2ccccc12)Nc1ccc(F)c(F)c1F. The number of aromatic nitrogens is 2. The molecule has 0 fully saturated rings. The highest BCUT2D eigenvalue weighted by Crippen LogP contribution is 2.19. The van der Waals surface area contributed by atoms with E-state index in [1.807, 2.05) is 30.3 Å². The van der Waals surface area contributed by atoms with Gasteiger partial charge in [0, 0.05) is 5.39 Å². The van der Waals surface area contributed by atoms with Crippen molar-refractivity contribution in [2.45, 2.75) is 6.54 Å². The van der Waals surface area contributed by atoms with Crippen LogP contribution in [0.3, 0.4) is 0 Å². The van der Waals surface area contributed by atoms with Crippen molar-refractivity contribution in [1.82, 2.24) is 15.1 Å². The Kier molecular flexibility index (Phi) is 6.39. The van der Waals surface area contributed by atoms with Crippen LogP contribution < -0.4 is 16.2 Å². The predicted molar refractivity (Wildman–Crippen MR) is 119 cm³/mol. The van der Waals surface area contributed by atoms with Gasteiger partial charge >= 0.3 is 0 Å². The summed E-state index contributed by atoms with van der Waals surface area (Å²) in [5.74, 6) is -6.30. The molecule has 0 spiro atoms. The van der Waals surface area contributed by atoms with E-state index in [0.29, 0.717) is 11.5 Å². The van der Waals surface area contributed by atoms with Gasteiger partial charge in [-0.05, 0) is 23.8 Å². The maximum atomic E-state index is 13.8. The summed E-state index contributed by atoms with van der Waals surface area (Å²) in [6.45, 7) is -0.480. The smallest absolute Gasteiger partial charge is 0.274 e. The van der Waals surface area contributed by atoms with Crippen molar-refractivity contribution >= 4 is 28.3 Å². The van der Waals surface area contributed by atoms with Gasteiger partial charge in [-0.3, -0.25) is 14.4 Å². The molecular weight excluding hydrogens is 449 g/mol. The standard InChI is InChI=1S/C24H17F3N4O3/c25-17-10-11-18(21(27)20(17)26)29-19(32)12-28-23(33)22-15-8-4-5-9-16(15)24(34)31(30-22)13-14-6-2-1-3-7-14/h1-11H,12-13H2,(H,28,33)(H,29,32). The summed E-state index contributed by atoms with van der Waals surface area (Å²) in [6, 6.07) is 17.0. The summed E-state index contributed by atoms with van der Waals surface area (Å²) in [5.41, 5.74) is -0.245. The van der Waals surface area contributed by atoms with E-state index < -0.39 is 41.5 Å². The number of rotatable bonds is 6. The van der Waals surface area contributed by atoms with Gasteiger partial charge in [-0.25, -0.2) is 17.9 Å². The lowest BCUT2D eigenvalue weighted by molar-refractivity contribution is -0.115. The number of carbonyl (C=O) groups is 2. The van der Waals surface area contributed by atoms with Crippen LogP contribution in [0.2, 0.25) is 0 Å². The second-order valence-electron chi connectivity index (χ2n) is 7.30. The highest BCUT2D eigenvalue weighted by Gasteiger charge is 2.19. The number of nitrogens with zero attached hydrogens (tertiary/aromatic N) is 2. The second kappa shape index (κ2) is 9.57. The largest absolute Gasteiger partial charge is 0.342 e. The molecule has 2 amide bonds. The van der Waals surface area contributed by atoms with E-state index in [1.54, 1.807) is 24.3 Å². The van der Waals surface area contributed by atoms with Crippen molar-refractivity contribution in [3.8, 4) is 0 Å². The Bertz CT molecular complexity index is 1460. The molecule has 3 aromatic carbocycles. The van der Waals surface area contributed by atoms with Gasteiger partial charge in [0.2, 0.25) is 5.91 Å². The zero-order chi connectivity index (χ0) is 24.2. The Hall–Kier alpha value is -4.47. The number of anilines is 1. The van der Waals surface area contributed by atoms with Crippen LogP contribution in [0.5, 0.6) is 0 Å². The van der Waals surface area contributed by atoms with Gasteiger partial charge < -0.3 is 10.6 Å². The molecular formula is C24H17F3N4O3. The molecule has 0 radical (unpaired) electrons. The monoisotopic (exact) mass is 466 g/mol. The normalized spacial score (nSPS) is 10.8. The minimum Gasteiger partial charge on any atom is -0.342 e. The molecule has 7 nitrogen and oxygen atoms in total. The summed E-state index contributed by atoms with van der Waals surface area (Å²) in [4.78, 5) is 37.9. The second-order valence-corrected chi connectivity index (χ2v) is 7.30. The summed E-state index contributed by atoms with van der Waals surface area (Å²) in [5, 5.41) is 9.18. The van der Waals surface area contributed by atoms with E-state index in [0.717, 1.165) is 16.3 Å². The number of benzene rings is 3. The highest BCUT2D eigenvalue weighted by molar-refractivity contribution is 6.06. The first kappa shape index (κ1) is 22.7. The highest BCUT2D eigenvalue weighted by atomic mass is 19.2. The molecule has 10 heteroatoms. The van der Waals surface area contributed by atoms with E-state index in [4.69, 9.17) is 0 Å². The molecule has 172 valence electrons. The number of nitrogens with one attached hydrogen (secondary N) is 2. The lowest BCUT2D eigenvalue weighted by atomic mass is 10.1. The Morgan fingerprint density at radius 1 is 0.853 bits per heavy atom. The lowest BCUT2D eigenvalue weighted by Gasteiger charge is -2.12. The molecule has 0 saturated carbocycles. The van der Waals surface area contributed by atoms with E-state index in [1.165, 1.54) is 0 Å². The number of carbonyl (C=O) groups excluding carboxylic acids is 2. The number of fused-ring (bicyclic) bond motifs is 1. The summed E-state index contributed by atoms with van der Waals surface area (Å²) in [7, 11) is 0. The van der Waals surface area contributed by atoms with Crippen LogP contribution in [-0.2, 0) is 11.3 Å². The van der Waals surface area contributed by atoms with Gasteiger partial charge in [-0.15, -0.1) is 0 Å². The third kappa shape index (κ3) is 4.65. The molecule has 1 aromatic heterocycles. The first-order valence-electron chi connectivity index (χ1n) is 10.1. The molecule has 0 bridgehead atoms.